The number of rotatable bonds is 43. The fourth-order valence-electron chi connectivity index (χ4n) is 6.51. The first-order valence-corrected chi connectivity index (χ1v) is 24.1. The summed E-state index contributed by atoms with van der Waals surface area (Å²) >= 11 is 0. The number of halogens is 3. The first-order valence-electron chi connectivity index (χ1n) is 24.1. The zero-order valence-electron chi connectivity index (χ0n) is 41.0. The molecule has 1 unspecified atom stereocenters. The van der Waals surface area contributed by atoms with Crippen LogP contribution in [-0.2, 0) is 77.4 Å². The summed E-state index contributed by atoms with van der Waals surface area (Å²) in [5, 5.41) is 60.3. The van der Waals surface area contributed by atoms with Crippen molar-refractivity contribution in [1.82, 2.24) is 25.9 Å². The Morgan fingerprint density at radius 2 is 1.12 bits per heavy atom. The number of ether oxygens (including phenoxy) is 12. The number of alkyl halides is 3. The Labute approximate surface area is 421 Å². The van der Waals surface area contributed by atoms with Crippen LogP contribution in [0.25, 0.3) is 0 Å². The Morgan fingerprint density at radius 3 is 1.62 bits per heavy atom. The molecule has 73 heavy (non-hydrogen) atoms. The lowest BCUT2D eigenvalue weighted by molar-refractivity contribution is -0.161. The number of aliphatic hydroxyl groups excluding tert-OH is 4. The fraction of sp³-hybridized carbons (Fsp3) is 0.841. The highest BCUT2D eigenvalue weighted by atomic mass is 19.4. The number of carbonyl (C=O) groups excluding carboxylic acids is 2. The minimum absolute atomic E-state index is 0.0609. The summed E-state index contributed by atoms with van der Waals surface area (Å²) in [7, 11) is 0. The van der Waals surface area contributed by atoms with Crippen LogP contribution >= 0.6 is 0 Å². The van der Waals surface area contributed by atoms with Gasteiger partial charge in [-0.25, -0.2) is 9.97 Å². The highest BCUT2D eigenvalue weighted by Crippen LogP contribution is 2.28. The first kappa shape index (κ1) is 63.7. The summed E-state index contributed by atoms with van der Waals surface area (Å²) in [6.45, 7) is 4.94. The lowest BCUT2D eigenvalue weighted by Crippen LogP contribution is -2.57. The van der Waals surface area contributed by atoms with Gasteiger partial charge in [0.05, 0.1) is 163 Å². The second-order valence-corrected chi connectivity index (χ2v) is 16.3. The largest absolute Gasteiger partial charge is 0.480 e. The van der Waals surface area contributed by atoms with Crippen LogP contribution in [0.15, 0.2) is 12.3 Å². The molecule has 1 aromatic heterocycles. The van der Waals surface area contributed by atoms with Gasteiger partial charge in [0.1, 0.15) is 36.2 Å². The second-order valence-electron chi connectivity index (χ2n) is 16.3. The smallest absolute Gasteiger partial charge is 0.433 e. The average molecular weight is 1070 g/mol. The molecule has 2 amide bonds. The van der Waals surface area contributed by atoms with Gasteiger partial charge in [-0.2, -0.15) is 13.2 Å². The molecule has 26 nitrogen and oxygen atoms in total. The number of aliphatic hydroxyl groups is 4. The predicted molar refractivity (Wildman–Crippen MR) is 245 cm³/mol. The molecule has 3 rings (SSSR count). The van der Waals surface area contributed by atoms with Gasteiger partial charge in [-0.15, -0.1) is 0 Å². The summed E-state index contributed by atoms with van der Waals surface area (Å²) in [4.78, 5) is 42.6. The number of amides is 2. The van der Waals surface area contributed by atoms with Gasteiger partial charge in [-0.05, 0) is 12.5 Å². The lowest BCUT2D eigenvalue weighted by atomic mass is 9.98. The Bertz CT molecular complexity index is 1620. The van der Waals surface area contributed by atoms with Gasteiger partial charge < -0.3 is 98.3 Å². The summed E-state index contributed by atoms with van der Waals surface area (Å²) in [5.41, 5.74) is -1.15. The van der Waals surface area contributed by atoms with Gasteiger partial charge in [0, 0.05) is 38.7 Å². The third-order valence-corrected chi connectivity index (χ3v) is 10.5. The van der Waals surface area contributed by atoms with Crippen molar-refractivity contribution in [3.05, 3.63) is 18.0 Å². The Kier molecular flexibility index (Phi) is 33.9. The fourth-order valence-corrected chi connectivity index (χ4v) is 6.51. The van der Waals surface area contributed by atoms with E-state index in [1.165, 1.54) is 0 Å². The molecule has 0 aromatic carbocycles. The maximum Gasteiger partial charge on any atom is 0.433 e. The van der Waals surface area contributed by atoms with Crippen LogP contribution < -0.4 is 21.3 Å². The molecule has 0 aliphatic carbocycles. The molecule has 2 fully saturated rings. The van der Waals surface area contributed by atoms with E-state index in [2.05, 4.69) is 31.2 Å². The highest BCUT2D eigenvalue weighted by Gasteiger charge is 2.39. The average Bonchev–Trinajstić information content (AvgIpc) is 3.36. The highest BCUT2D eigenvalue weighted by molar-refractivity contribution is 5.76. The molecule has 2 saturated heterocycles. The molecule has 0 saturated carbocycles. The summed E-state index contributed by atoms with van der Waals surface area (Å²) in [5.74, 6) is -1.95. The Morgan fingerprint density at radius 1 is 0.644 bits per heavy atom. The molecule has 29 heteroatoms. The SMILES string of the molecule is O=C(O)CNC(COCCC(=O)NCCOCCOCCOCCOC[C@H]1OC[C@H](Nc2nccc(C(F)(F)F)n2)[C@@H](O)[C@H]1O)COCCC(=O)NCCOCCOCCOCCOC[C@H]1OCC[C@@H](O)[C@H]1O. The van der Waals surface area contributed by atoms with E-state index in [9.17, 15) is 48.0 Å². The van der Waals surface area contributed by atoms with E-state index >= 15 is 0 Å². The van der Waals surface area contributed by atoms with E-state index in [4.69, 9.17) is 61.9 Å². The van der Waals surface area contributed by atoms with Crippen LogP contribution in [0.5, 0.6) is 0 Å². The van der Waals surface area contributed by atoms with E-state index in [1.54, 1.807) is 0 Å². The molecule has 422 valence electrons. The van der Waals surface area contributed by atoms with Crippen LogP contribution in [0.3, 0.4) is 0 Å². The number of anilines is 1. The molecule has 2 aliphatic heterocycles. The maximum atomic E-state index is 12.9. The zero-order chi connectivity index (χ0) is 52.9. The van der Waals surface area contributed by atoms with Crippen LogP contribution in [0.2, 0.25) is 0 Å². The van der Waals surface area contributed by atoms with Gasteiger partial charge >= 0.3 is 12.1 Å². The minimum atomic E-state index is -4.67. The molecule has 0 bridgehead atoms. The normalized spacial score (nSPS) is 21.7. The van der Waals surface area contributed by atoms with Gasteiger partial charge in [-0.3, -0.25) is 19.7 Å². The summed E-state index contributed by atoms with van der Waals surface area (Å²) in [6.07, 6.45) is -9.17. The molecular weight excluding hydrogens is 989 g/mol. The molecule has 8 atom stereocenters. The van der Waals surface area contributed by atoms with Gasteiger partial charge in [-0.1, -0.05) is 0 Å². The monoisotopic (exact) mass is 1060 g/mol. The van der Waals surface area contributed by atoms with E-state index < -0.39 is 66.5 Å². The van der Waals surface area contributed by atoms with E-state index in [0.29, 0.717) is 65.3 Å². The molecule has 9 N–H and O–H groups in total. The Hall–Kier alpha value is -3.60. The molecule has 0 radical (unpaired) electrons. The van der Waals surface area contributed by atoms with Gasteiger partial charge in [0.15, 0.2) is 0 Å². The van der Waals surface area contributed by atoms with Crippen molar-refractivity contribution in [1.29, 1.82) is 0 Å². The number of carboxylic acids is 1. The molecule has 2 aliphatic rings. The topological polar surface area (TPSA) is 337 Å². The van der Waals surface area contributed by atoms with E-state index in [-0.39, 0.29) is 143 Å². The molecule has 1 aromatic rings. The van der Waals surface area contributed by atoms with Crippen LogP contribution in [0.4, 0.5) is 19.1 Å². The van der Waals surface area contributed by atoms with Crippen molar-refractivity contribution < 1.29 is 110 Å². The lowest BCUT2D eigenvalue weighted by Gasteiger charge is -2.37. The van der Waals surface area contributed by atoms with E-state index in [1.807, 2.05) is 0 Å². The minimum Gasteiger partial charge on any atom is -0.480 e. The van der Waals surface area contributed by atoms with Gasteiger partial charge in [0.2, 0.25) is 17.8 Å². The quantitative estimate of drug-likeness (QED) is 0.0297. The van der Waals surface area contributed by atoms with Crippen molar-refractivity contribution in [2.24, 2.45) is 0 Å². The summed E-state index contributed by atoms with van der Waals surface area (Å²) < 4.78 is 104. The third kappa shape index (κ3) is 29.9. The van der Waals surface area contributed by atoms with Crippen molar-refractivity contribution in [3.8, 4) is 0 Å². The number of aromatic nitrogens is 2. The number of carboxylic acid groups (broad SMARTS) is 1. The number of hydrogen-bond acceptors (Lipinski definition) is 23. The molecule has 3 heterocycles. The summed E-state index contributed by atoms with van der Waals surface area (Å²) in [6, 6.07) is -0.742. The third-order valence-electron chi connectivity index (χ3n) is 10.5. The molecular formula is C44H75F3N6O20. The zero-order valence-corrected chi connectivity index (χ0v) is 41.0. The van der Waals surface area contributed by atoms with Crippen LogP contribution in [0, 0.1) is 0 Å². The van der Waals surface area contributed by atoms with Crippen molar-refractivity contribution >= 4 is 23.7 Å². The number of aliphatic carboxylic acids is 1. The first-order chi connectivity index (χ1) is 35.2. The van der Waals surface area contributed by atoms with Crippen molar-refractivity contribution in [3.63, 3.8) is 0 Å². The molecule has 0 spiro atoms. The van der Waals surface area contributed by atoms with Crippen molar-refractivity contribution in [2.45, 2.75) is 74.1 Å². The van der Waals surface area contributed by atoms with E-state index in [0.717, 1.165) is 6.20 Å². The Balaban J connectivity index is 1.05. The number of carbonyl (C=O) groups is 3. The number of nitrogens with zero attached hydrogens (tertiary/aromatic N) is 2. The van der Waals surface area contributed by atoms with Crippen molar-refractivity contribution in [2.75, 3.05) is 170 Å². The maximum absolute atomic E-state index is 12.9. The van der Waals surface area contributed by atoms with Crippen LogP contribution in [-0.4, -0.2) is 267 Å². The second kappa shape index (κ2) is 38.9. The number of nitrogens with one attached hydrogen (secondary N) is 4. The standard InChI is InChI=1S/C44H75F3N6O20/c45-44(46,47)36-1-5-50-43(53-36)52-32-28-73-35(42(61)40(32)59)30-71-24-22-67-20-18-65-16-14-63-12-7-49-38(56)4-9-69-27-31(51-25-39(57)58)26-68-8-3-37(55)48-6-11-62-13-15-64-17-19-66-21-23-70-29-34-41(60)33(54)2-10-72-34/h1,5,31-35,40-42,51,54,59-61H,2-4,6-30H2,(H,48,55)(H,49,56)(H,57,58)(H,50,52,53)/t31?,32-,33+,34+,35+,40+,41+,42-/m0/s1. The predicted octanol–water partition coefficient (Wildman–Crippen LogP) is -2.87. The van der Waals surface area contributed by atoms with Gasteiger partial charge in [0.25, 0.3) is 0 Å². The number of hydrogen-bond donors (Lipinski definition) is 9. The van der Waals surface area contributed by atoms with Crippen LogP contribution in [0.1, 0.15) is 25.0 Å².